The molecular weight excluding hydrogens is 388 g/mol. The summed E-state index contributed by atoms with van der Waals surface area (Å²) < 4.78 is 55.7. The number of fused-ring (bicyclic) bond motifs is 1. The number of hydrogen-bond donors (Lipinski definition) is 0. The van der Waals surface area contributed by atoms with Gasteiger partial charge in [0.05, 0.1) is 5.56 Å². The van der Waals surface area contributed by atoms with Crippen LogP contribution in [0.15, 0.2) is 66.7 Å². The van der Waals surface area contributed by atoms with Gasteiger partial charge in [-0.2, -0.15) is 0 Å². The van der Waals surface area contributed by atoms with Crippen molar-refractivity contribution >= 4 is 10.8 Å². The first-order valence-corrected chi connectivity index (χ1v) is 9.44. The van der Waals surface area contributed by atoms with Gasteiger partial charge in [-0.05, 0) is 65.4 Å². The molecule has 4 aromatic carbocycles. The van der Waals surface area contributed by atoms with E-state index in [1.807, 2.05) is 6.92 Å². The topological polar surface area (TPSA) is 0 Å². The minimum Gasteiger partial charge on any atom is -0.206 e. The minimum atomic E-state index is -0.890. The molecule has 0 N–H and O–H groups in total. The molecule has 0 aliphatic heterocycles. The van der Waals surface area contributed by atoms with Crippen LogP contribution in [0.1, 0.15) is 23.6 Å². The third kappa shape index (κ3) is 3.79. The highest BCUT2D eigenvalue weighted by molar-refractivity contribution is 5.84. The van der Waals surface area contributed by atoms with Crippen LogP contribution in [0.5, 0.6) is 0 Å². The zero-order chi connectivity index (χ0) is 21.3. The van der Waals surface area contributed by atoms with E-state index in [1.165, 1.54) is 24.3 Å². The molecule has 0 heterocycles. The van der Waals surface area contributed by atoms with Gasteiger partial charge in [-0.15, -0.1) is 0 Å². The van der Waals surface area contributed by atoms with Crippen molar-refractivity contribution in [2.45, 2.75) is 13.3 Å². The Morgan fingerprint density at radius 2 is 1.30 bits per heavy atom. The van der Waals surface area contributed by atoms with Crippen LogP contribution in [0.2, 0.25) is 0 Å². The Morgan fingerprint density at radius 1 is 0.667 bits per heavy atom. The van der Waals surface area contributed by atoms with Crippen LogP contribution >= 0.6 is 0 Å². The van der Waals surface area contributed by atoms with Gasteiger partial charge >= 0.3 is 0 Å². The molecule has 0 radical (unpaired) electrons. The lowest BCUT2D eigenvalue weighted by Gasteiger charge is -2.07. The summed E-state index contributed by atoms with van der Waals surface area (Å²) in [6.45, 7) is 1.84. The number of benzene rings is 4. The Hall–Kier alpha value is -3.58. The number of aryl methyl sites for hydroxylation is 1. The highest BCUT2D eigenvalue weighted by atomic mass is 19.2. The average Bonchev–Trinajstić information content (AvgIpc) is 2.75. The van der Waals surface area contributed by atoms with Crippen molar-refractivity contribution in [3.63, 3.8) is 0 Å². The molecule has 4 heteroatoms. The minimum absolute atomic E-state index is 0.0597. The molecule has 148 valence electrons. The molecule has 0 unspecified atom stereocenters. The molecule has 4 aromatic rings. The maximum Gasteiger partial charge on any atom is 0.166 e. The van der Waals surface area contributed by atoms with Gasteiger partial charge < -0.3 is 0 Å². The maximum atomic E-state index is 14.3. The van der Waals surface area contributed by atoms with Crippen molar-refractivity contribution in [1.29, 1.82) is 0 Å². The molecule has 0 aromatic heterocycles. The first kappa shape index (κ1) is 19.7. The van der Waals surface area contributed by atoms with Crippen LogP contribution in [0.25, 0.3) is 21.9 Å². The lowest BCUT2D eigenvalue weighted by atomic mass is 10.00. The van der Waals surface area contributed by atoms with Crippen LogP contribution < -0.4 is 0 Å². The summed E-state index contributed by atoms with van der Waals surface area (Å²) >= 11 is 0. The second-order valence-corrected chi connectivity index (χ2v) is 6.91. The van der Waals surface area contributed by atoms with Crippen molar-refractivity contribution in [3.05, 3.63) is 107 Å². The highest BCUT2D eigenvalue weighted by Crippen LogP contribution is 2.28. The van der Waals surface area contributed by atoms with Gasteiger partial charge in [0.25, 0.3) is 0 Å². The van der Waals surface area contributed by atoms with E-state index in [2.05, 4.69) is 11.8 Å². The van der Waals surface area contributed by atoms with Crippen LogP contribution in [-0.4, -0.2) is 0 Å². The van der Waals surface area contributed by atoms with Crippen molar-refractivity contribution in [2.24, 2.45) is 0 Å². The van der Waals surface area contributed by atoms with Crippen molar-refractivity contribution in [1.82, 2.24) is 0 Å². The van der Waals surface area contributed by atoms with Gasteiger partial charge in [-0.3, -0.25) is 0 Å². The second-order valence-electron chi connectivity index (χ2n) is 6.91. The monoisotopic (exact) mass is 404 g/mol. The molecule has 4 rings (SSSR count). The molecule has 0 aliphatic carbocycles. The summed E-state index contributed by atoms with van der Waals surface area (Å²) in [6.07, 6.45) is 0.555. The summed E-state index contributed by atoms with van der Waals surface area (Å²) in [5, 5.41) is 0.751. The van der Waals surface area contributed by atoms with Gasteiger partial charge in [0.15, 0.2) is 11.6 Å². The Morgan fingerprint density at radius 3 is 1.97 bits per heavy atom. The second kappa shape index (κ2) is 8.04. The zero-order valence-corrected chi connectivity index (χ0v) is 16.1. The number of halogens is 4. The van der Waals surface area contributed by atoms with Crippen LogP contribution in [0, 0.1) is 35.1 Å². The lowest BCUT2D eigenvalue weighted by Crippen LogP contribution is -1.94. The van der Waals surface area contributed by atoms with Gasteiger partial charge in [-0.25, -0.2) is 17.6 Å². The molecule has 0 atom stereocenters. The normalized spacial score (nSPS) is 10.7. The Balaban J connectivity index is 1.62. The Labute approximate surface area is 171 Å². The summed E-state index contributed by atoms with van der Waals surface area (Å²) in [4.78, 5) is 0. The van der Waals surface area contributed by atoms with E-state index in [-0.39, 0.29) is 10.9 Å². The third-order valence-electron chi connectivity index (χ3n) is 4.94. The highest BCUT2D eigenvalue weighted by Gasteiger charge is 2.13. The molecule has 0 bridgehead atoms. The smallest absolute Gasteiger partial charge is 0.166 e. The van der Waals surface area contributed by atoms with Crippen molar-refractivity contribution in [2.75, 3.05) is 0 Å². The number of hydrogen-bond acceptors (Lipinski definition) is 0. The quantitative estimate of drug-likeness (QED) is 0.249. The standard InChI is InChI=1S/C26H16F4/c1-2-16-14-23(28)25(24(29)15-16)19-8-5-17(6-9-19)3-4-18-7-11-21-20(13-18)10-12-22(27)26(21)30/h5-15H,2H2,1H3. The zero-order valence-electron chi connectivity index (χ0n) is 16.1. The first-order valence-electron chi connectivity index (χ1n) is 9.44. The SMILES string of the molecule is CCc1cc(F)c(-c2ccc(C#Cc3ccc4c(F)c(F)ccc4c3)cc2)c(F)c1. The van der Waals surface area contributed by atoms with Gasteiger partial charge in [0.2, 0.25) is 0 Å². The molecular formula is C26H16F4. The molecule has 0 nitrogen and oxygen atoms in total. The fourth-order valence-corrected chi connectivity index (χ4v) is 3.31. The molecule has 0 fully saturated rings. The van der Waals surface area contributed by atoms with Crippen molar-refractivity contribution in [3.8, 4) is 23.0 Å². The molecule has 30 heavy (non-hydrogen) atoms. The van der Waals surface area contributed by atoms with E-state index in [9.17, 15) is 17.6 Å². The van der Waals surface area contributed by atoms with E-state index in [0.29, 0.717) is 34.1 Å². The van der Waals surface area contributed by atoms with E-state index < -0.39 is 23.3 Å². The largest absolute Gasteiger partial charge is 0.206 e. The summed E-state index contributed by atoms with van der Waals surface area (Å²) in [5.41, 5.74) is 2.28. The predicted octanol–water partition coefficient (Wildman–Crippen LogP) is 7.03. The molecule has 0 spiro atoms. The van der Waals surface area contributed by atoms with E-state index in [4.69, 9.17) is 0 Å². The fraction of sp³-hybridized carbons (Fsp3) is 0.0769. The van der Waals surface area contributed by atoms with Crippen LogP contribution in [-0.2, 0) is 6.42 Å². The van der Waals surface area contributed by atoms with E-state index in [1.54, 1.807) is 36.4 Å². The Bertz CT molecular complexity index is 1290. The van der Waals surface area contributed by atoms with E-state index >= 15 is 0 Å². The van der Waals surface area contributed by atoms with Gasteiger partial charge in [-0.1, -0.05) is 43.0 Å². The maximum absolute atomic E-state index is 14.3. The molecule has 0 amide bonds. The van der Waals surface area contributed by atoms with Gasteiger partial charge in [0, 0.05) is 16.5 Å². The van der Waals surface area contributed by atoms with Crippen LogP contribution in [0.4, 0.5) is 17.6 Å². The average molecular weight is 404 g/mol. The summed E-state index contributed by atoms with van der Waals surface area (Å²) in [5.74, 6) is 2.99. The van der Waals surface area contributed by atoms with Crippen LogP contribution in [0.3, 0.4) is 0 Å². The molecule has 0 aliphatic rings. The molecule has 0 saturated carbocycles. The predicted molar refractivity (Wildman–Crippen MR) is 111 cm³/mol. The Kier molecular flexibility index (Phi) is 5.29. The first-order chi connectivity index (χ1) is 14.5. The molecule has 0 saturated heterocycles. The summed E-state index contributed by atoms with van der Waals surface area (Å²) in [7, 11) is 0. The van der Waals surface area contributed by atoms with E-state index in [0.717, 1.165) is 6.07 Å². The lowest BCUT2D eigenvalue weighted by molar-refractivity contribution is 0.517. The van der Waals surface area contributed by atoms with Crippen molar-refractivity contribution < 1.29 is 17.6 Å². The fourth-order valence-electron chi connectivity index (χ4n) is 3.31. The van der Waals surface area contributed by atoms with Gasteiger partial charge in [0.1, 0.15) is 11.6 Å². The number of rotatable bonds is 2. The summed E-state index contributed by atoms with van der Waals surface area (Å²) in [6, 6.07) is 16.7. The third-order valence-corrected chi connectivity index (χ3v) is 4.94.